The van der Waals surface area contributed by atoms with Crippen molar-refractivity contribution in [1.82, 2.24) is 9.38 Å². The minimum absolute atomic E-state index is 0.0578. The van der Waals surface area contributed by atoms with Crippen LogP contribution in [0.1, 0.15) is 23.9 Å². The number of rotatable bonds is 5. The highest BCUT2D eigenvalue weighted by atomic mass is 19.2. The molecule has 0 aliphatic rings. The maximum absolute atomic E-state index is 13.4. The van der Waals surface area contributed by atoms with Crippen molar-refractivity contribution in [3.63, 3.8) is 0 Å². The lowest BCUT2D eigenvalue weighted by Crippen LogP contribution is -2.12. The number of benzene rings is 1. The molecule has 0 saturated carbocycles. The van der Waals surface area contributed by atoms with Crippen LogP contribution in [0.2, 0.25) is 0 Å². The molecule has 0 aliphatic heterocycles. The van der Waals surface area contributed by atoms with Crippen molar-refractivity contribution in [1.29, 1.82) is 0 Å². The predicted octanol–water partition coefficient (Wildman–Crippen LogP) is 3.09. The number of carbonyl (C=O) groups is 1. The standard InChI is InChI=1S/C20H16F2N2O3/c1-2-27-20(25)13-26-12-17-18(24-10-4-3-5-19(24)23-17)9-7-14-6-8-15(21)16(22)11-14/h3-6,8,10-11H,2,12-13H2,1H3. The Balaban J connectivity index is 1.88. The van der Waals surface area contributed by atoms with E-state index in [4.69, 9.17) is 9.47 Å². The number of carbonyl (C=O) groups excluding carboxylic acids is 1. The van der Waals surface area contributed by atoms with E-state index in [1.54, 1.807) is 23.6 Å². The number of ether oxygens (including phenoxy) is 2. The Labute approximate surface area is 154 Å². The minimum Gasteiger partial charge on any atom is -0.464 e. The first-order chi connectivity index (χ1) is 13.1. The number of esters is 1. The van der Waals surface area contributed by atoms with Gasteiger partial charge in [-0.2, -0.15) is 0 Å². The van der Waals surface area contributed by atoms with Gasteiger partial charge in [0.05, 0.1) is 13.2 Å². The molecule has 27 heavy (non-hydrogen) atoms. The maximum atomic E-state index is 13.4. The molecule has 2 heterocycles. The SMILES string of the molecule is CCOC(=O)COCc1nc2ccccn2c1C#Cc1ccc(F)c(F)c1. The first-order valence-electron chi connectivity index (χ1n) is 8.25. The summed E-state index contributed by atoms with van der Waals surface area (Å²) in [5.74, 6) is 3.38. The van der Waals surface area contributed by atoms with Gasteiger partial charge in [0.15, 0.2) is 11.6 Å². The van der Waals surface area contributed by atoms with E-state index in [2.05, 4.69) is 16.8 Å². The molecule has 0 aliphatic carbocycles. The molecular formula is C20H16F2N2O3. The summed E-state index contributed by atoms with van der Waals surface area (Å²) >= 11 is 0. The average molecular weight is 370 g/mol. The second-order valence-electron chi connectivity index (χ2n) is 5.51. The fourth-order valence-electron chi connectivity index (χ4n) is 2.42. The van der Waals surface area contributed by atoms with Gasteiger partial charge in [0.2, 0.25) is 0 Å². The Hall–Kier alpha value is -3.24. The molecule has 7 heteroatoms. The molecule has 2 aromatic heterocycles. The van der Waals surface area contributed by atoms with Gasteiger partial charge in [-0.25, -0.2) is 18.6 Å². The third-order valence-corrected chi connectivity index (χ3v) is 3.61. The van der Waals surface area contributed by atoms with E-state index in [1.807, 2.05) is 12.1 Å². The van der Waals surface area contributed by atoms with Crippen molar-refractivity contribution >= 4 is 11.6 Å². The van der Waals surface area contributed by atoms with Gasteiger partial charge in [0.1, 0.15) is 23.6 Å². The van der Waals surface area contributed by atoms with Crippen LogP contribution in [0.15, 0.2) is 42.6 Å². The van der Waals surface area contributed by atoms with Crippen LogP contribution in [0, 0.1) is 23.5 Å². The van der Waals surface area contributed by atoms with Gasteiger partial charge >= 0.3 is 5.97 Å². The molecule has 0 saturated heterocycles. The molecule has 0 radical (unpaired) electrons. The number of pyridine rings is 1. The highest BCUT2D eigenvalue weighted by Crippen LogP contribution is 2.14. The second-order valence-corrected chi connectivity index (χ2v) is 5.51. The van der Waals surface area contributed by atoms with Crippen molar-refractivity contribution in [3.8, 4) is 11.8 Å². The molecule has 0 unspecified atom stereocenters. The third kappa shape index (κ3) is 4.49. The number of aromatic nitrogens is 2. The molecule has 0 spiro atoms. The lowest BCUT2D eigenvalue weighted by molar-refractivity contribution is -0.148. The van der Waals surface area contributed by atoms with Crippen LogP contribution in [0.25, 0.3) is 5.65 Å². The zero-order valence-corrected chi connectivity index (χ0v) is 14.5. The lowest BCUT2D eigenvalue weighted by atomic mass is 10.2. The number of imidazole rings is 1. The van der Waals surface area contributed by atoms with Gasteiger partial charge < -0.3 is 9.47 Å². The molecule has 1 aromatic carbocycles. The summed E-state index contributed by atoms with van der Waals surface area (Å²) in [6.07, 6.45) is 1.78. The highest BCUT2D eigenvalue weighted by molar-refractivity contribution is 5.70. The van der Waals surface area contributed by atoms with Gasteiger partial charge in [0.25, 0.3) is 0 Å². The zero-order valence-electron chi connectivity index (χ0n) is 14.5. The Morgan fingerprint density at radius 2 is 2.04 bits per heavy atom. The molecule has 0 amide bonds. The maximum Gasteiger partial charge on any atom is 0.332 e. The van der Waals surface area contributed by atoms with Crippen LogP contribution < -0.4 is 0 Å². The van der Waals surface area contributed by atoms with Gasteiger partial charge in [0, 0.05) is 11.8 Å². The van der Waals surface area contributed by atoms with Crippen molar-refractivity contribution in [3.05, 3.63) is 71.2 Å². The van der Waals surface area contributed by atoms with Crippen LogP contribution in [-0.4, -0.2) is 28.6 Å². The summed E-state index contributed by atoms with van der Waals surface area (Å²) in [7, 11) is 0. The van der Waals surface area contributed by atoms with Gasteiger partial charge in [-0.15, -0.1) is 0 Å². The second kappa shape index (κ2) is 8.43. The minimum atomic E-state index is -0.960. The third-order valence-electron chi connectivity index (χ3n) is 3.61. The van der Waals surface area contributed by atoms with E-state index >= 15 is 0 Å². The number of nitrogens with zero attached hydrogens (tertiary/aromatic N) is 2. The van der Waals surface area contributed by atoms with Gasteiger partial charge in [-0.3, -0.25) is 4.40 Å². The fourth-order valence-corrected chi connectivity index (χ4v) is 2.42. The quantitative estimate of drug-likeness (QED) is 0.512. The van der Waals surface area contributed by atoms with Gasteiger partial charge in [-0.05, 0) is 43.2 Å². The lowest BCUT2D eigenvalue weighted by Gasteiger charge is -2.03. The molecule has 3 aromatic rings. The summed E-state index contributed by atoms with van der Waals surface area (Å²) in [5, 5.41) is 0. The first kappa shape index (κ1) is 18.5. The number of fused-ring (bicyclic) bond motifs is 1. The van der Waals surface area contributed by atoms with E-state index in [0.29, 0.717) is 22.6 Å². The Kier molecular flexibility index (Phi) is 5.79. The number of halogens is 2. The largest absolute Gasteiger partial charge is 0.464 e. The average Bonchev–Trinajstić information content (AvgIpc) is 3.00. The normalized spacial score (nSPS) is 10.5. The predicted molar refractivity (Wildman–Crippen MR) is 93.8 cm³/mol. The van der Waals surface area contributed by atoms with Crippen LogP contribution in [0.3, 0.4) is 0 Å². The molecule has 0 atom stereocenters. The molecule has 5 nitrogen and oxygen atoms in total. The Morgan fingerprint density at radius 3 is 2.81 bits per heavy atom. The van der Waals surface area contributed by atoms with E-state index in [-0.39, 0.29) is 19.8 Å². The fraction of sp³-hybridized carbons (Fsp3) is 0.200. The van der Waals surface area contributed by atoms with Crippen molar-refractivity contribution in [2.24, 2.45) is 0 Å². The van der Waals surface area contributed by atoms with E-state index in [9.17, 15) is 13.6 Å². The smallest absolute Gasteiger partial charge is 0.332 e. The van der Waals surface area contributed by atoms with Crippen molar-refractivity contribution in [2.45, 2.75) is 13.5 Å². The first-order valence-corrected chi connectivity index (χ1v) is 8.25. The van der Waals surface area contributed by atoms with Crippen LogP contribution in [0.5, 0.6) is 0 Å². The molecular weight excluding hydrogens is 354 g/mol. The summed E-state index contributed by atoms with van der Waals surface area (Å²) in [6, 6.07) is 8.90. The van der Waals surface area contributed by atoms with Crippen LogP contribution >= 0.6 is 0 Å². The monoisotopic (exact) mass is 370 g/mol. The number of hydrogen-bond donors (Lipinski definition) is 0. The topological polar surface area (TPSA) is 52.8 Å². The summed E-state index contributed by atoms with van der Waals surface area (Å²) in [5.41, 5.74) is 2.06. The van der Waals surface area contributed by atoms with Gasteiger partial charge in [-0.1, -0.05) is 12.0 Å². The Morgan fingerprint density at radius 1 is 1.19 bits per heavy atom. The van der Waals surface area contributed by atoms with Crippen molar-refractivity contribution in [2.75, 3.05) is 13.2 Å². The molecule has 3 rings (SSSR count). The molecule has 0 fully saturated rings. The molecule has 138 valence electrons. The molecule has 0 N–H and O–H groups in total. The van der Waals surface area contributed by atoms with Crippen molar-refractivity contribution < 1.29 is 23.0 Å². The zero-order chi connectivity index (χ0) is 19.2. The summed E-state index contributed by atoms with van der Waals surface area (Å²) in [4.78, 5) is 15.8. The number of hydrogen-bond acceptors (Lipinski definition) is 4. The van der Waals surface area contributed by atoms with E-state index < -0.39 is 17.6 Å². The highest BCUT2D eigenvalue weighted by Gasteiger charge is 2.11. The summed E-state index contributed by atoms with van der Waals surface area (Å²) in [6.45, 7) is 1.85. The van der Waals surface area contributed by atoms with Crippen LogP contribution in [0.4, 0.5) is 8.78 Å². The summed E-state index contributed by atoms with van der Waals surface area (Å²) < 4.78 is 38.3. The van der Waals surface area contributed by atoms with E-state index in [0.717, 1.165) is 12.1 Å². The molecule has 0 bridgehead atoms. The Bertz CT molecular complexity index is 1030. The van der Waals surface area contributed by atoms with E-state index in [1.165, 1.54) is 6.07 Å². The van der Waals surface area contributed by atoms with Crippen LogP contribution in [-0.2, 0) is 20.9 Å².